The Balaban J connectivity index is 2.88. The summed E-state index contributed by atoms with van der Waals surface area (Å²) in [6, 6.07) is 5.37. The van der Waals surface area contributed by atoms with E-state index in [0.717, 1.165) is 25.8 Å². The molecule has 0 spiro atoms. The van der Waals surface area contributed by atoms with Crippen LogP contribution in [0.15, 0.2) is 18.2 Å². The number of carbonyl (C=O) groups is 1. The summed E-state index contributed by atoms with van der Waals surface area (Å²) in [4.78, 5) is 14.5. The maximum absolute atomic E-state index is 12.6. The van der Waals surface area contributed by atoms with Crippen molar-refractivity contribution in [2.24, 2.45) is 0 Å². The SMILES string of the molecule is CCCCCN(C(=O)c1ccc(OC)cc1N)C(C)C. The Morgan fingerprint density at radius 3 is 2.55 bits per heavy atom. The molecule has 4 heteroatoms. The van der Waals surface area contributed by atoms with Gasteiger partial charge >= 0.3 is 0 Å². The standard InChI is InChI=1S/C16H26N2O2/c1-5-6-7-10-18(12(2)3)16(19)14-9-8-13(20-4)11-15(14)17/h8-9,11-12H,5-7,10,17H2,1-4H3. The normalized spacial score (nSPS) is 10.7. The van der Waals surface area contributed by atoms with Crippen LogP contribution in [0.3, 0.4) is 0 Å². The van der Waals surface area contributed by atoms with Gasteiger partial charge in [0.25, 0.3) is 5.91 Å². The van der Waals surface area contributed by atoms with Crippen LogP contribution in [0, 0.1) is 0 Å². The van der Waals surface area contributed by atoms with Crippen molar-refractivity contribution in [3.05, 3.63) is 23.8 Å². The van der Waals surface area contributed by atoms with Crippen LogP contribution in [-0.2, 0) is 0 Å². The molecule has 0 aromatic heterocycles. The summed E-state index contributed by atoms with van der Waals surface area (Å²) in [6.07, 6.45) is 3.30. The first-order chi connectivity index (χ1) is 9.51. The van der Waals surface area contributed by atoms with Crippen LogP contribution in [0.1, 0.15) is 50.4 Å². The fourth-order valence-electron chi connectivity index (χ4n) is 2.14. The summed E-state index contributed by atoms with van der Waals surface area (Å²) < 4.78 is 5.11. The summed E-state index contributed by atoms with van der Waals surface area (Å²) in [6.45, 7) is 6.99. The minimum absolute atomic E-state index is 0.00347. The molecule has 4 nitrogen and oxygen atoms in total. The van der Waals surface area contributed by atoms with Crippen LogP contribution in [0.2, 0.25) is 0 Å². The number of carbonyl (C=O) groups excluding carboxylic acids is 1. The van der Waals surface area contributed by atoms with E-state index in [1.807, 2.05) is 18.7 Å². The van der Waals surface area contributed by atoms with Gasteiger partial charge in [0.05, 0.1) is 12.7 Å². The molecular formula is C16H26N2O2. The first-order valence-corrected chi connectivity index (χ1v) is 7.25. The summed E-state index contributed by atoms with van der Waals surface area (Å²) in [7, 11) is 1.58. The minimum atomic E-state index is -0.00347. The maximum atomic E-state index is 12.6. The molecule has 0 atom stereocenters. The molecule has 1 amide bonds. The maximum Gasteiger partial charge on any atom is 0.256 e. The number of ether oxygens (including phenoxy) is 1. The van der Waals surface area contributed by atoms with Crippen LogP contribution in [0.5, 0.6) is 5.75 Å². The van der Waals surface area contributed by atoms with E-state index in [1.54, 1.807) is 25.3 Å². The molecule has 0 radical (unpaired) electrons. The van der Waals surface area contributed by atoms with E-state index in [9.17, 15) is 4.79 Å². The van der Waals surface area contributed by atoms with Gasteiger partial charge in [-0.05, 0) is 32.4 Å². The monoisotopic (exact) mass is 278 g/mol. The average Bonchev–Trinajstić information content (AvgIpc) is 2.42. The number of methoxy groups -OCH3 is 1. The second kappa shape index (κ2) is 7.78. The molecule has 1 aromatic carbocycles. The van der Waals surface area contributed by atoms with Crippen molar-refractivity contribution >= 4 is 11.6 Å². The molecule has 20 heavy (non-hydrogen) atoms. The molecule has 0 aliphatic carbocycles. The van der Waals surface area contributed by atoms with Crippen molar-refractivity contribution in [1.82, 2.24) is 4.90 Å². The molecular weight excluding hydrogens is 252 g/mol. The Hall–Kier alpha value is -1.71. The lowest BCUT2D eigenvalue weighted by atomic mass is 10.1. The fourth-order valence-corrected chi connectivity index (χ4v) is 2.14. The average molecular weight is 278 g/mol. The quantitative estimate of drug-likeness (QED) is 0.615. The minimum Gasteiger partial charge on any atom is -0.497 e. The molecule has 0 saturated heterocycles. The van der Waals surface area contributed by atoms with E-state index in [0.29, 0.717) is 17.0 Å². The lowest BCUT2D eigenvalue weighted by Crippen LogP contribution is -2.38. The summed E-state index contributed by atoms with van der Waals surface area (Å²) in [5.74, 6) is 0.664. The lowest BCUT2D eigenvalue weighted by Gasteiger charge is -2.27. The molecule has 0 aliphatic heterocycles. The van der Waals surface area contributed by atoms with Gasteiger partial charge in [-0.2, -0.15) is 0 Å². The fraction of sp³-hybridized carbons (Fsp3) is 0.562. The molecule has 0 aliphatic rings. The van der Waals surface area contributed by atoms with Crippen LogP contribution < -0.4 is 10.5 Å². The van der Waals surface area contributed by atoms with Gasteiger partial charge in [0.2, 0.25) is 0 Å². The zero-order valence-electron chi connectivity index (χ0n) is 13.0. The number of nitrogens with zero attached hydrogens (tertiary/aromatic N) is 1. The summed E-state index contributed by atoms with van der Waals surface area (Å²) in [5, 5.41) is 0. The lowest BCUT2D eigenvalue weighted by molar-refractivity contribution is 0.0703. The Labute approximate surface area is 121 Å². The number of nitrogen functional groups attached to an aromatic ring is 1. The van der Waals surface area contributed by atoms with E-state index in [-0.39, 0.29) is 11.9 Å². The van der Waals surface area contributed by atoms with Gasteiger partial charge in [-0.25, -0.2) is 0 Å². The predicted octanol–water partition coefficient (Wildman–Crippen LogP) is 3.32. The molecule has 0 unspecified atom stereocenters. The Bertz CT molecular complexity index is 444. The van der Waals surface area contributed by atoms with Gasteiger partial charge in [0.1, 0.15) is 5.75 Å². The van der Waals surface area contributed by atoms with Crippen LogP contribution in [0.25, 0.3) is 0 Å². The Morgan fingerprint density at radius 2 is 2.05 bits per heavy atom. The van der Waals surface area contributed by atoms with Crippen LogP contribution in [-0.4, -0.2) is 30.5 Å². The number of nitrogens with two attached hydrogens (primary N) is 1. The number of unbranched alkanes of at least 4 members (excludes halogenated alkanes) is 2. The van der Waals surface area contributed by atoms with E-state index in [1.165, 1.54) is 0 Å². The molecule has 0 saturated carbocycles. The van der Waals surface area contributed by atoms with Gasteiger partial charge in [-0.3, -0.25) is 4.79 Å². The highest BCUT2D eigenvalue weighted by molar-refractivity contribution is 5.99. The zero-order chi connectivity index (χ0) is 15.1. The van der Waals surface area contributed by atoms with E-state index in [4.69, 9.17) is 10.5 Å². The van der Waals surface area contributed by atoms with Crippen molar-refractivity contribution in [2.45, 2.75) is 46.1 Å². The molecule has 112 valence electrons. The van der Waals surface area contributed by atoms with E-state index >= 15 is 0 Å². The summed E-state index contributed by atoms with van der Waals surface area (Å²) in [5.41, 5.74) is 6.98. The smallest absolute Gasteiger partial charge is 0.256 e. The molecule has 2 N–H and O–H groups in total. The third-order valence-electron chi connectivity index (χ3n) is 3.38. The van der Waals surface area contributed by atoms with Crippen molar-refractivity contribution < 1.29 is 9.53 Å². The second-order valence-electron chi connectivity index (χ2n) is 5.25. The molecule has 1 aromatic rings. The number of anilines is 1. The Kier molecular flexibility index (Phi) is 6.36. The number of benzene rings is 1. The number of hydrogen-bond acceptors (Lipinski definition) is 3. The molecule has 1 rings (SSSR count). The van der Waals surface area contributed by atoms with E-state index in [2.05, 4.69) is 6.92 Å². The highest BCUT2D eigenvalue weighted by Crippen LogP contribution is 2.22. The van der Waals surface area contributed by atoms with Crippen LogP contribution >= 0.6 is 0 Å². The van der Waals surface area contributed by atoms with Gasteiger partial charge in [-0.1, -0.05) is 19.8 Å². The number of hydrogen-bond donors (Lipinski definition) is 1. The van der Waals surface area contributed by atoms with Gasteiger partial charge in [0.15, 0.2) is 0 Å². The zero-order valence-corrected chi connectivity index (χ0v) is 13.0. The van der Waals surface area contributed by atoms with Gasteiger partial charge in [0, 0.05) is 24.3 Å². The molecule has 0 bridgehead atoms. The summed E-state index contributed by atoms with van der Waals surface area (Å²) >= 11 is 0. The number of rotatable bonds is 7. The third-order valence-corrected chi connectivity index (χ3v) is 3.38. The predicted molar refractivity (Wildman–Crippen MR) is 83.1 cm³/mol. The number of amides is 1. The third kappa shape index (κ3) is 4.15. The van der Waals surface area contributed by atoms with Crippen molar-refractivity contribution in [3.8, 4) is 5.75 Å². The first-order valence-electron chi connectivity index (χ1n) is 7.25. The second-order valence-corrected chi connectivity index (χ2v) is 5.25. The van der Waals surface area contributed by atoms with Gasteiger partial charge in [-0.15, -0.1) is 0 Å². The van der Waals surface area contributed by atoms with Crippen molar-refractivity contribution in [2.75, 3.05) is 19.4 Å². The van der Waals surface area contributed by atoms with Crippen molar-refractivity contribution in [3.63, 3.8) is 0 Å². The highest BCUT2D eigenvalue weighted by Gasteiger charge is 2.20. The van der Waals surface area contributed by atoms with Crippen molar-refractivity contribution in [1.29, 1.82) is 0 Å². The topological polar surface area (TPSA) is 55.6 Å². The van der Waals surface area contributed by atoms with Crippen LogP contribution in [0.4, 0.5) is 5.69 Å². The highest BCUT2D eigenvalue weighted by atomic mass is 16.5. The van der Waals surface area contributed by atoms with Gasteiger partial charge < -0.3 is 15.4 Å². The largest absolute Gasteiger partial charge is 0.497 e. The van der Waals surface area contributed by atoms with E-state index < -0.39 is 0 Å². The first kappa shape index (κ1) is 16.3. The Morgan fingerprint density at radius 1 is 1.35 bits per heavy atom. The molecule has 0 fully saturated rings. The molecule has 0 heterocycles.